The zero-order chi connectivity index (χ0) is 15.9. The summed E-state index contributed by atoms with van der Waals surface area (Å²) in [5.74, 6) is -0.162. The van der Waals surface area contributed by atoms with E-state index in [0.717, 1.165) is 10.0 Å². The first-order valence-electron chi connectivity index (χ1n) is 6.78. The summed E-state index contributed by atoms with van der Waals surface area (Å²) in [4.78, 5) is 23.6. The van der Waals surface area contributed by atoms with E-state index in [-0.39, 0.29) is 18.9 Å². The smallest absolute Gasteiger partial charge is 0.311 e. The molecule has 0 spiro atoms. The van der Waals surface area contributed by atoms with E-state index < -0.39 is 12.1 Å². The van der Waals surface area contributed by atoms with Crippen molar-refractivity contribution in [2.75, 3.05) is 0 Å². The van der Waals surface area contributed by atoms with E-state index in [9.17, 15) is 9.59 Å². The van der Waals surface area contributed by atoms with Crippen molar-refractivity contribution in [3.63, 3.8) is 0 Å². The number of halogens is 1. The van der Waals surface area contributed by atoms with Gasteiger partial charge in [-0.3, -0.25) is 9.59 Å². The van der Waals surface area contributed by atoms with E-state index in [1.54, 1.807) is 12.1 Å². The van der Waals surface area contributed by atoms with E-state index in [2.05, 4.69) is 21.2 Å². The lowest BCUT2D eigenvalue weighted by Crippen LogP contribution is -2.35. The van der Waals surface area contributed by atoms with E-state index in [1.807, 2.05) is 24.3 Å². The van der Waals surface area contributed by atoms with Gasteiger partial charge in [0.1, 0.15) is 5.76 Å². The number of amides is 1. The number of hydrogen-bond donors (Lipinski definition) is 1. The molecule has 0 aliphatic carbocycles. The van der Waals surface area contributed by atoms with Gasteiger partial charge in [0, 0.05) is 4.47 Å². The largest absolute Gasteiger partial charge is 0.467 e. The molecular weight excluding hydrogens is 350 g/mol. The van der Waals surface area contributed by atoms with Crippen LogP contribution in [0, 0.1) is 0 Å². The van der Waals surface area contributed by atoms with Crippen molar-refractivity contribution in [1.29, 1.82) is 0 Å². The molecule has 0 unspecified atom stereocenters. The van der Waals surface area contributed by atoms with E-state index in [1.165, 1.54) is 13.2 Å². The molecule has 0 fully saturated rings. The molecule has 1 amide bonds. The number of esters is 1. The third kappa shape index (κ3) is 5.04. The predicted molar refractivity (Wildman–Crippen MR) is 84.0 cm³/mol. The minimum atomic E-state index is -0.849. The van der Waals surface area contributed by atoms with Crippen molar-refractivity contribution >= 4 is 27.8 Å². The molecule has 0 radical (unpaired) electrons. The standard InChI is InChI=1S/C16H16BrNO4/c1-11(16(20)18-10-14-3-2-8-21-14)22-15(19)9-12-4-6-13(17)7-5-12/h2-8,11H,9-10H2,1H3,(H,18,20)/t11-/m0/s1. The van der Waals surface area contributed by atoms with Crippen LogP contribution >= 0.6 is 15.9 Å². The summed E-state index contributed by atoms with van der Waals surface area (Å²) >= 11 is 3.33. The quantitative estimate of drug-likeness (QED) is 0.799. The SMILES string of the molecule is C[C@H](OC(=O)Cc1ccc(Br)cc1)C(=O)NCc1ccco1. The Bertz CT molecular complexity index is 622. The molecule has 116 valence electrons. The maximum Gasteiger partial charge on any atom is 0.311 e. The zero-order valence-electron chi connectivity index (χ0n) is 12.0. The molecule has 1 heterocycles. The highest BCUT2D eigenvalue weighted by atomic mass is 79.9. The molecule has 6 heteroatoms. The second-order valence-electron chi connectivity index (χ2n) is 4.73. The fraction of sp³-hybridized carbons (Fsp3) is 0.250. The van der Waals surface area contributed by atoms with E-state index in [0.29, 0.717) is 5.76 Å². The normalized spacial score (nSPS) is 11.7. The molecule has 0 saturated heterocycles. The lowest BCUT2D eigenvalue weighted by molar-refractivity contribution is -0.154. The molecule has 0 aliphatic rings. The number of rotatable bonds is 6. The molecule has 22 heavy (non-hydrogen) atoms. The Morgan fingerprint density at radius 1 is 1.27 bits per heavy atom. The Morgan fingerprint density at radius 2 is 2.00 bits per heavy atom. The van der Waals surface area contributed by atoms with E-state index in [4.69, 9.17) is 9.15 Å². The summed E-state index contributed by atoms with van der Waals surface area (Å²) in [5, 5.41) is 2.65. The summed E-state index contributed by atoms with van der Waals surface area (Å²) in [6.07, 6.45) is 0.810. The van der Waals surface area contributed by atoms with Crippen LogP contribution in [0.2, 0.25) is 0 Å². The van der Waals surface area contributed by atoms with Crippen LogP contribution in [0.15, 0.2) is 51.6 Å². The summed E-state index contributed by atoms with van der Waals surface area (Å²) in [6.45, 7) is 1.80. The fourth-order valence-electron chi connectivity index (χ4n) is 1.79. The molecule has 1 atom stereocenters. The van der Waals surface area contributed by atoms with Gasteiger partial charge in [-0.2, -0.15) is 0 Å². The first kappa shape index (κ1) is 16.3. The van der Waals surface area contributed by atoms with Crippen LogP contribution in [-0.4, -0.2) is 18.0 Å². The molecule has 1 aromatic heterocycles. The number of nitrogens with one attached hydrogen (secondary N) is 1. The molecule has 1 N–H and O–H groups in total. The van der Waals surface area contributed by atoms with Gasteiger partial charge in [-0.1, -0.05) is 28.1 Å². The Balaban J connectivity index is 1.77. The third-order valence-corrected chi connectivity index (χ3v) is 3.48. The molecule has 2 aromatic rings. The molecule has 0 aliphatic heterocycles. The zero-order valence-corrected chi connectivity index (χ0v) is 13.6. The van der Waals surface area contributed by atoms with Crippen molar-refractivity contribution in [3.05, 3.63) is 58.5 Å². The average molecular weight is 366 g/mol. The second-order valence-corrected chi connectivity index (χ2v) is 5.65. The second kappa shape index (κ2) is 7.79. The summed E-state index contributed by atoms with van der Waals surface area (Å²) in [7, 11) is 0. The van der Waals surface area contributed by atoms with Gasteiger partial charge in [0.05, 0.1) is 19.2 Å². The van der Waals surface area contributed by atoms with Gasteiger partial charge in [0.15, 0.2) is 6.10 Å². The van der Waals surface area contributed by atoms with Crippen LogP contribution in [0.25, 0.3) is 0 Å². The van der Waals surface area contributed by atoms with Gasteiger partial charge in [-0.05, 0) is 36.8 Å². The van der Waals surface area contributed by atoms with Gasteiger partial charge in [0.2, 0.25) is 0 Å². The van der Waals surface area contributed by atoms with Crippen LogP contribution in [-0.2, 0) is 27.3 Å². The van der Waals surface area contributed by atoms with Crippen molar-refractivity contribution in [1.82, 2.24) is 5.32 Å². The van der Waals surface area contributed by atoms with Gasteiger partial charge in [-0.15, -0.1) is 0 Å². The fourth-order valence-corrected chi connectivity index (χ4v) is 2.06. The van der Waals surface area contributed by atoms with Crippen molar-refractivity contribution < 1.29 is 18.7 Å². The number of carbonyl (C=O) groups is 2. The summed E-state index contributed by atoms with van der Waals surface area (Å²) in [5.41, 5.74) is 0.830. The van der Waals surface area contributed by atoms with E-state index >= 15 is 0 Å². The molecule has 1 aromatic carbocycles. The topological polar surface area (TPSA) is 68.5 Å². The third-order valence-electron chi connectivity index (χ3n) is 2.96. The van der Waals surface area contributed by atoms with Crippen LogP contribution in [0.3, 0.4) is 0 Å². The lowest BCUT2D eigenvalue weighted by atomic mass is 10.1. The minimum Gasteiger partial charge on any atom is -0.467 e. The van der Waals surface area contributed by atoms with Crippen LogP contribution in [0.4, 0.5) is 0 Å². The minimum absolute atomic E-state index is 0.128. The highest BCUT2D eigenvalue weighted by Gasteiger charge is 2.18. The van der Waals surface area contributed by atoms with Gasteiger partial charge >= 0.3 is 5.97 Å². The molecule has 2 rings (SSSR count). The molecular formula is C16H16BrNO4. The van der Waals surface area contributed by atoms with Gasteiger partial charge in [-0.25, -0.2) is 0 Å². The Hall–Kier alpha value is -2.08. The summed E-state index contributed by atoms with van der Waals surface area (Å²) in [6, 6.07) is 10.8. The lowest BCUT2D eigenvalue weighted by Gasteiger charge is -2.13. The van der Waals surface area contributed by atoms with Gasteiger partial charge < -0.3 is 14.5 Å². The van der Waals surface area contributed by atoms with Gasteiger partial charge in [0.25, 0.3) is 5.91 Å². The monoisotopic (exact) mass is 365 g/mol. The highest BCUT2D eigenvalue weighted by Crippen LogP contribution is 2.11. The molecule has 0 bridgehead atoms. The predicted octanol–water partition coefficient (Wildman–Crippen LogP) is 2.83. The number of hydrogen-bond acceptors (Lipinski definition) is 4. The van der Waals surface area contributed by atoms with Crippen LogP contribution in [0.1, 0.15) is 18.2 Å². The summed E-state index contributed by atoms with van der Waals surface area (Å²) < 4.78 is 11.2. The maximum absolute atomic E-state index is 11.8. The van der Waals surface area contributed by atoms with Crippen molar-refractivity contribution in [2.45, 2.75) is 26.0 Å². The Morgan fingerprint density at radius 3 is 2.64 bits per heavy atom. The van der Waals surface area contributed by atoms with Crippen molar-refractivity contribution in [2.24, 2.45) is 0 Å². The Labute approximate surface area is 136 Å². The highest BCUT2D eigenvalue weighted by molar-refractivity contribution is 9.10. The number of benzene rings is 1. The van der Waals surface area contributed by atoms with Crippen LogP contribution in [0.5, 0.6) is 0 Å². The number of carbonyl (C=O) groups excluding carboxylic acids is 2. The first-order valence-corrected chi connectivity index (χ1v) is 7.58. The number of ether oxygens (including phenoxy) is 1. The van der Waals surface area contributed by atoms with Crippen molar-refractivity contribution in [3.8, 4) is 0 Å². The molecule has 5 nitrogen and oxygen atoms in total. The maximum atomic E-state index is 11.8. The van der Waals surface area contributed by atoms with Crippen LogP contribution < -0.4 is 5.32 Å². The first-order chi connectivity index (χ1) is 10.5. The molecule has 0 saturated carbocycles. The average Bonchev–Trinajstić information content (AvgIpc) is 3.00. The number of furan rings is 1. The Kier molecular flexibility index (Phi) is 5.77.